The molecular formula is C17H23N5O6. The zero-order chi connectivity index (χ0) is 20.9. The number of carbonyl (C=O) groups excluding carboxylic acids is 3. The Kier molecular flexibility index (Phi) is 6.49. The van der Waals surface area contributed by atoms with Gasteiger partial charge in [-0.2, -0.15) is 0 Å². The lowest BCUT2D eigenvalue weighted by atomic mass is 10.0. The van der Waals surface area contributed by atoms with Crippen molar-refractivity contribution in [2.75, 3.05) is 18.4 Å². The number of pyridine rings is 1. The van der Waals surface area contributed by atoms with Crippen LogP contribution < -0.4 is 10.6 Å². The number of hydrogen-bond acceptors (Lipinski definition) is 8. The summed E-state index contributed by atoms with van der Waals surface area (Å²) in [5.74, 6) is -0.447. The number of aromatic nitrogens is 1. The highest BCUT2D eigenvalue weighted by molar-refractivity contribution is 6.01. The zero-order valence-corrected chi connectivity index (χ0v) is 15.9. The summed E-state index contributed by atoms with van der Waals surface area (Å²) in [6.07, 6.45) is 0.737. The van der Waals surface area contributed by atoms with E-state index < -0.39 is 28.6 Å². The molecule has 0 spiro atoms. The molecular weight excluding hydrogens is 370 g/mol. The van der Waals surface area contributed by atoms with Crippen LogP contribution in [0.3, 0.4) is 0 Å². The minimum atomic E-state index is -0.829. The number of likely N-dealkylation sites (tertiary alicyclic amines) is 1. The standard InChI is InChI=1S/C17H23N5O6/c1-17(2,3)28-16(25)20-12-5-7-14(23)21(15(12)24)9-8-18-13-6-4-11(10-19-13)22(26)27/h4,6,10,12H,5,7-9H2,1-3H3,(H,18,19)(H,20,25)/t12-/m0/s1. The Balaban J connectivity index is 1.89. The third kappa shape index (κ3) is 5.89. The minimum absolute atomic E-state index is 0.0723. The van der Waals surface area contributed by atoms with Gasteiger partial charge < -0.3 is 15.4 Å². The highest BCUT2D eigenvalue weighted by atomic mass is 16.6. The van der Waals surface area contributed by atoms with E-state index in [1.807, 2.05) is 0 Å². The Morgan fingerprint density at radius 2 is 2.11 bits per heavy atom. The summed E-state index contributed by atoms with van der Waals surface area (Å²) in [7, 11) is 0. The van der Waals surface area contributed by atoms with Crippen LogP contribution in [0.4, 0.5) is 16.3 Å². The topological polar surface area (TPSA) is 144 Å². The van der Waals surface area contributed by atoms with Crippen molar-refractivity contribution in [1.29, 1.82) is 0 Å². The first-order valence-electron chi connectivity index (χ1n) is 8.75. The van der Waals surface area contributed by atoms with Gasteiger partial charge >= 0.3 is 6.09 Å². The van der Waals surface area contributed by atoms with Crippen LogP contribution in [0.15, 0.2) is 18.3 Å². The van der Waals surface area contributed by atoms with Crippen molar-refractivity contribution >= 4 is 29.4 Å². The molecule has 2 heterocycles. The van der Waals surface area contributed by atoms with Crippen LogP contribution in [-0.2, 0) is 14.3 Å². The number of nitrogens with one attached hydrogen (secondary N) is 2. The van der Waals surface area contributed by atoms with E-state index in [0.717, 1.165) is 11.1 Å². The monoisotopic (exact) mass is 393 g/mol. The second-order valence-electron chi connectivity index (χ2n) is 7.21. The maximum Gasteiger partial charge on any atom is 0.408 e. The van der Waals surface area contributed by atoms with Crippen molar-refractivity contribution in [3.8, 4) is 0 Å². The minimum Gasteiger partial charge on any atom is -0.444 e. The lowest BCUT2D eigenvalue weighted by Crippen LogP contribution is -2.55. The summed E-state index contributed by atoms with van der Waals surface area (Å²) in [6, 6.07) is 1.91. The van der Waals surface area contributed by atoms with Crippen LogP contribution >= 0.6 is 0 Å². The van der Waals surface area contributed by atoms with E-state index in [2.05, 4.69) is 15.6 Å². The Labute approximate surface area is 161 Å². The molecule has 0 aliphatic carbocycles. The predicted octanol–water partition coefficient (Wildman–Crippen LogP) is 1.44. The Bertz CT molecular complexity index is 758. The molecule has 1 aliphatic heterocycles. The number of anilines is 1. The average molecular weight is 393 g/mol. The molecule has 11 nitrogen and oxygen atoms in total. The average Bonchev–Trinajstić information content (AvgIpc) is 2.59. The Hall–Kier alpha value is -3.24. The van der Waals surface area contributed by atoms with Gasteiger partial charge in [-0.05, 0) is 33.3 Å². The number of imide groups is 1. The summed E-state index contributed by atoms with van der Waals surface area (Å²) in [4.78, 5) is 51.5. The number of ether oxygens (including phenoxy) is 1. The molecule has 3 amide bonds. The van der Waals surface area contributed by atoms with Crippen molar-refractivity contribution < 1.29 is 24.0 Å². The molecule has 2 N–H and O–H groups in total. The molecule has 1 atom stereocenters. The summed E-state index contributed by atoms with van der Waals surface area (Å²) in [6.45, 7) is 5.42. The first kappa shape index (κ1) is 21.1. The summed E-state index contributed by atoms with van der Waals surface area (Å²) in [5.41, 5.74) is -0.832. The van der Waals surface area contributed by atoms with E-state index in [1.54, 1.807) is 20.8 Å². The molecule has 1 aromatic rings. The quantitative estimate of drug-likeness (QED) is 0.420. The van der Waals surface area contributed by atoms with Crippen LogP contribution in [0, 0.1) is 10.1 Å². The first-order chi connectivity index (χ1) is 13.1. The third-order valence-corrected chi connectivity index (χ3v) is 3.80. The SMILES string of the molecule is CC(C)(C)OC(=O)N[C@H]1CCC(=O)N(CCNc2ccc([N+](=O)[O-])cn2)C1=O. The maximum atomic E-state index is 12.5. The lowest BCUT2D eigenvalue weighted by Gasteiger charge is -2.31. The third-order valence-electron chi connectivity index (χ3n) is 3.80. The molecule has 152 valence electrons. The number of alkyl carbamates (subject to hydrolysis) is 1. The van der Waals surface area contributed by atoms with Crippen LogP contribution in [0.1, 0.15) is 33.6 Å². The van der Waals surface area contributed by atoms with E-state index in [-0.39, 0.29) is 37.5 Å². The second-order valence-corrected chi connectivity index (χ2v) is 7.21. The van der Waals surface area contributed by atoms with E-state index >= 15 is 0 Å². The number of piperidine rings is 1. The van der Waals surface area contributed by atoms with Gasteiger partial charge in [0.05, 0.1) is 4.92 Å². The normalized spacial score (nSPS) is 17.2. The first-order valence-corrected chi connectivity index (χ1v) is 8.75. The predicted molar refractivity (Wildman–Crippen MR) is 98.5 cm³/mol. The molecule has 0 saturated carbocycles. The molecule has 1 aliphatic rings. The fourth-order valence-electron chi connectivity index (χ4n) is 2.55. The number of amides is 3. The van der Waals surface area contributed by atoms with Crippen LogP contribution in [0.25, 0.3) is 0 Å². The van der Waals surface area contributed by atoms with Crippen LogP contribution in [-0.4, -0.2) is 57.4 Å². The molecule has 0 unspecified atom stereocenters. The van der Waals surface area contributed by atoms with Gasteiger partial charge in [0, 0.05) is 25.6 Å². The molecule has 0 radical (unpaired) electrons. The smallest absolute Gasteiger partial charge is 0.408 e. The molecule has 2 rings (SSSR count). The van der Waals surface area contributed by atoms with E-state index in [9.17, 15) is 24.5 Å². The Morgan fingerprint density at radius 1 is 1.39 bits per heavy atom. The highest BCUT2D eigenvalue weighted by Gasteiger charge is 2.35. The lowest BCUT2D eigenvalue weighted by molar-refractivity contribution is -0.385. The van der Waals surface area contributed by atoms with E-state index in [4.69, 9.17) is 4.74 Å². The molecule has 1 fully saturated rings. The maximum absolute atomic E-state index is 12.5. The number of hydrogen-bond donors (Lipinski definition) is 2. The molecule has 28 heavy (non-hydrogen) atoms. The van der Waals surface area contributed by atoms with Crippen molar-refractivity contribution in [3.05, 3.63) is 28.4 Å². The Morgan fingerprint density at radius 3 is 2.68 bits per heavy atom. The van der Waals surface area contributed by atoms with Crippen molar-refractivity contribution in [2.45, 2.75) is 45.3 Å². The van der Waals surface area contributed by atoms with E-state index in [0.29, 0.717) is 5.82 Å². The van der Waals surface area contributed by atoms with Gasteiger partial charge in [0.25, 0.3) is 11.6 Å². The number of nitro groups is 1. The number of nitrogens with zero attached hydrogens (tertiary/aromatic N) is 3. The van der Waals surface area contributed by atoms with E-state index in [1.165, 1.54) is 12.1 Å². The molecule has 1 saturated heterocycles. The van der Waals surface area contributed by atoms with Gasteiger partial charge in [0.2, 0.25) is 5.91 Å². The number of carbonyl (C=O) groups is 3. The molecule has 1 aromatic heterocycles. The molecule has 0 aromatic carbocycles. The summed E-state index contributed by atoms with van der Waals surface area (Å²) in [5, 5.41) is 16.0. The second kappa shape index (κ2) is 8.63. The van der Waals surface area contributed by atoms with Gasteiger partial charge in [0.1, 0.15) is 23.7 Å². The van der Waals surface area contributed by atoms with Gasteiger partial charge in [0.15, 0.2) is 0 Å². The van der Waals surface area contributed by atoms with Crippen LogP contribution in [0.5, 0.6) is 0 Å². The van der Waals surface area contributed by atoms with Crippen LogP contribution in [0.2, 0.25) is 0 Å². The van der Waals surface area contributed by atoms with Crippen molar-refractivity contribution in [2.24, 2.45) is 0 Å². The summed E-state index contributed by atoms with van der Waals surface area (Å²) < 4.78 is 5.14. The van der Waals surface area contributed by atoms with Gasteiger partial charge in [-0.15, -0.1) is 0 Å². The largest absolute Gasteiger partial charge is 0.444 e. The fraction of sp³-hybridized carbons (Fsp3) is 0.529. The number of rotatable bonds is 6. The zero-order valence-electron chi connectivity index (χ0n) is 15.9. The fourth-order valence-corrected chi connectivity index (χ4v) is 2.55. The van der Waals surface area contributed by atoms with Crippen molar-refractivity contribution in [3.63, 3.8) is 0 Å². The van der Waals surface area contributed by atoms with Crippen molar-refractivity contribution in [1.82, 2.24) is 15.2 Å². The summed E-state index contributed by atoms with van der Waals surface area (Å²) >= 11 is 0. The van der Waals surface area contributed by atoms with Gasteiger partial charge in [-0.25, -0.2) is 9.78 Å². The molecule has 0 bridgehead atoms. The van der Waals surface area contributed by atoms with Gasteiger partial charge in [-0.1, -0.05) is 0 Å². The molecule has 11 heteroatoms. The van der Waals surface area contributed by atoms with Gasteiger partial charge in [-0.3, -0.25) is 24.6 Å². The highest BCUT2D eigenvalue weighted by Crippen LogP contribution is 2.15.